The lowest BCUT2D eigenvalue weighted by Crippen LogP contribution is -2.31. The number of hydroxylamine groups is 1. The van der Waals surface area contributed by atoms with E-state index in [1.54, 1.807) is 18.2 Å². The summed E-state index contributed by atoms with van der Waals surface area (Å²) < 4.78 is 24.1. The Balaban J connectivity index is 1.88. The average Bonchev–Trinajstić information content (AvgIpc) is 3.15. The molecule has 1 aliphatic rings. The van der Waals surface area contributed by atoms with Crippen molar-refractivity contribution in [3.05, 3.63) is 54.4 Å². The Morgan fingerprint density at radius 1 is 1.29 bits per heavy atom. The zero-order chi connectivity index (χ0) is 22.7. The molecule has 1 fully saturated rings. The number of nitrogens with one attached hydrogen (secondary N) is 1. The number of hydrogen-bond donors (Lipinski definition) is 2. The molecule has 1 saturated carbocycles. The van der Waals surface area contributed by atoms with Crippen LogP contribution in [0.15, 0.2) is 48.6 Å². The van der Waals surface area contributed by atoms with Gasteiger partial charge in [-0.25, -0.2) is 9.87 Å². The van der Waals surface area contributed by atoms with Crippen LogP contribution in [0, 0.1) is 23.1 Å². The number of methoxy groups -OCH3 is 1. The Hall–Kier alpha value is -2.18. The molecule has 2 rings (SSSR count). The summed E-state index contributed by atoms with van der Waals surface area (Å²) in [7, 11) is 1.41. The molecule has 1 unspecified atom stereocenters. The standard InChI is InChI=1S/C25H36FNO4/c1-25(2,18-31-23-12-9-8-11-21(23)26)17-16-20-19(14-15-22(20)27-29)10-6-4-5-7-13-24(28)30-3/h4,6,8-9,11-12,16-17,19-20,22,27,29H,5,7,10,13-15,18H2,1-3H3/b6-4-,17-16+/t19-,20+,22?/m0/s1. The molecule has 1 aliphatic carbocycles. The topological polar surface area (TPSA) is 67.8 Å². The number of carbonyl (C=O) groups is 1. The van der Waals surface area contributed by atoms with E-state index in [1.165, 1.54) is 13.2 Å². The quantitative estimate of drug-likeness (QED) is 0.199. The predicted octanol–water partition coefficient (Wildman–Crippen LogP) is 5.45. The van der Waals surface area contributed by atoms with Gasteiger partial charge in [-0.05, 0) is 56.1 Å². The highest BCUT2D eigenvalue weighted by molar-refractivity contribution is 5.69. The van der Waals surface area contributed by atoms with Crippen molar-refractivity contribution in [2.45, 2.75) is 58.4 Å². The molecule has 0 aliphatic heterocycles. The van der Waals surface area contributed by atoms with E-state index < -0.39 is 0 Å². The summed E-state index contributed by atoms with van der Waals surface area (Å²) in [6, 6.07) is 6.44. The molecule has 0 heterocycles. The number of unbranched alkanes of at least 4 members (excludes halogenated alkanes) is 1. The van der Waals surface area contributed by atoms with Crippen LogP contribution in [-0.4, -0.2) is 30.9 Å². The predicted molar refractivity (Wildman–Crippen MR) is 119 cm³/mol. The second-order valence-electron chi connectivity index (χ2n) is 8.89. The Bertz CT molecular complexity index is 747. The van der Waals surface area contributed by atoms with Gasteiger partial charge >= 0.3 is 5.97 Å². The van der Waals surface area contributed by atoms with Crippen molar-refractivity contribution in [1.29, 1.82) is 0 Å². The molecule has 3 atom stereocenters. The summed E-state index contributed by atoms with van der Waals surface area (Å²) in [4.78, 5) is 11.2. The van der Waals surface area contributed by atoms with Crippen molar-refractivity contribution >= 4 is 5.97 Å². The summed E-state index contributed by atoms with van der Waals surface area (Å²) in [6.07, 6.45) is 13.5. The van der Waals surface area contributed by atoms with Crippen molar-refractivity contribution < 1.29 is 23.9 Å². The minimum atomic E-state index is -0.360. The number of allylic oxidation sites excluding steroid dienone is 2. The van der Waals surface area contributed by atoms with E-state index in [0.29, 0.717) is 18.9 Å². The van der Waals surface area contributed by atoms with Gasteiger partial charge in [-0.3, -0.25) is 4.79 Å². The zero-order valence-corrected chi connectivity index (χ0v) is 18.9. The largest absolute Gasteiger partial charge is 0.490 e. The lowest BCUT2D eigenvalue weighted by atomic mass is 9.86. The maximum atomic E-state index is 13.8. The van der Waals surface area contributed by atoms with Crippen molar-refractivity contribution in [1.82, 2.24) is 5.48 Å². The van der Waals surface area contributed by atoms with Crippen molar-refractivity contribution in [3.63, 3.8) is 0 Å². The fourth-order valence-corrected chi connectivity index (χ4v) is 3.92. The minimum Gasteiger partial charge on any atom is -0.490 e. The molecule has 172 valence electrons. The van der Waals surface area contributed by atoms with Crippen LogP contribution in [0.25, 0.3) is 0 Å². The number of hydrogen-bond acceptors (Lipinski definition) is 5. The molecule has 1 aromatic rings. The summed E-state index contributed by atoms with van der Waals surface area (Å²) in [6.45, 7) is 4.47. The fourth-order valence-electron chi connectivity index (χ4n) is 3.92. The second-order valence-corrected chi connectivity index (χ2v) is 8.89. The maximum Gasteiger partial charge on any atom is 0.305 e. The summed E-state index contributed by atoms with van der Waals surface area (Å²) in [5.74, 6) is 0.363. The third-order valence-electron chi connectivity index (χ3n) is 5.81. The van der Waals surface area contributed by atoms with Crippen LogP contribution in [0.2, 0.25) is 0 Å². The Labute approximate surface area is 185 Å². The van der Waals surface area contributed by atoms with Crippen molar-refractivity contribution in [3.8, 4) is 5.75 Å². The van der Waals surface area contributed by atoms with Crippen molar-refractivity contribution in [2.75, 3.05) is 13.7 Å². The third kappa shape index (κ3) is 8.46. The van der Waals surface area contributed by atoms with Gasteiger partial charge in [0, 0.05) is 17.9 Å². The lowest BCUT2D eigenvalue weighted by molar-refractivity contribution is -0.140. The third-order valence-corrected chi connectivity index (χ3v) is 5.81. The highest BCUT2D eigenvalue weighted by Crippen LogP contribution is 2.37. The number of esters is 1. The molecule has 5 nitrogen and oxygen atoms in total. The first kappa shape index (κ1) is 25.1. The summed E-state index contributed by atoms with van der Waals surface area (Å²) in [5, 5.41) is 9.57. The van der Waals surface area contributed by atoms with Crippen LogP contribution in [0.5, 0.6) is 5.75 Å². The first-order valence-electron chi connectivity index (χ1n) is 11.0. The smallest absolute Gasteiger partial charge is 0.305 e. The Morgan fingerprint density at radius 3 is 2.77 bits per heavy atom. The molecule has 1 aromatic carbocycles. The Morgan fingerprint density at radius 2 is 2.06 bits per heavy atom. The average molecular weight is 434 g/mol. The first-order chi connectivity index (χ1) is 14.9. The van der Waals surface area contributed by atoms with Gasteiger partial charge in [0.1, 0.15) is 0 Å². The van der Waals surface area contributed by atoms with Gasteiger partial charge < -0.3 is 14.7 Å². The fraction of sp³-hybridized carbons (Fsp3) is 0.560. The molecule has 0 aromatic heterocycles. The van der Waals surface area contributed by atoms with Gasteiger partial charge in [-0.15, -0.1) is 0 Å². The number of rotatable bonds is 12. The van der Waals surface area contributed by atoms with Gasteiger partial charge in [0.2, 0.25) is 0 Å². The number of para-hydroxylation sites is 1. The van der Waals surface area contributed by atoms with Crippen LogP contribution in [0.4, 0.5) is 4.39 Å². The summed E-state index contributed by atoms with van der Waals surface area (Å²) >= 11 is 0. The number of ether oxygens (including phenoxy) is 2. The maximum absolute atomic E-state index is 13.8. The van der Waals surface area contributed by atoms with E-state index >= 15 is 0 Å². The van der Waals surface area contributed by atoms with Gasteiger partial charge in [0.05, 0.1) is 13.7 Å². The highest BCUT2D eigenvalue weighted by Gasteiger charge is 2.33. The molecule has 2 N–H and O–H groups in total. The van der Waals surface area contributed by atoms with E-state index in [1.807, 2.05) is 0 Å². The molecule has 0 radical (unpaired) electrons. The number of benzene rings is 1. The number of halogens is 1. The SMILES string of the molecule is COC(=O)CCC/C=C\C[C@H]1CCC(NO)[C@@H]1/C=C/C(C)(C)COc1ccccc1F. The van der Waals surface area contributed by atoms with Gasteiger partial charge in [-0.1, -0.05) is 50.3 Å². The summed E-state index contributed by atoms with van der Waals surface area (Å²) in [5.41, 5.74) is 2.19. The Kier molecular flexibility index (Phi) is 10.2. The van der Waals surface area contributed by atoms with Crippen LogP contribution in [-0.2, 0) is 9.53 Å². The van der Waals surface area contributed by atoms with Crippen LogP contribution >= 0.6 is 0 Å². The van der Waals surface area contributed by atoms with Gasteiger partial charge in [-0.2, -0.15) is 0 Å². The van der Waals surface area contributed by atoms with Crippen LogP contribution < -0.4 is 10.2 Å². The minimum absolute atomic E-state index is 0.0252. The normalized spacial score (nSPS) is 21.8. The van der Waals surface area contributed by atoms with E-state index in [9.17, 15) is 14.4 Å². The van der Waals surface area contributed by atoms with E-state index in [-0.39, 0.29) is 34.9 Å². The molecular weight excluding hydrogens is 397 g/mol. The first-order valence-corrected chi connectivity index (χ1v) is 11.0. The second kappa shape index (κ2) is 12.6. The van der Waals surface area contributed by atoms with Crippen LogP contribution in [0.1, 0.15) is 52.4 Å². The highest BCUT2D eigenvalue weighted by atomic mass is 19.1. The van der Waals surface area contributed by atoms with Gasteiger partial charge in [0.25, 0.3) is 0 Å². The molecule has 0 bridgehead atoms. The van der Waals surface area contributed by atoms with E-state index in [2.05, 4.69) is 48.4 Å². The van der Waals surface area contributed by atoms with E-state index in [4.69, 9.17) is 4.74 Å². The zero-order valence-electron chi connectivity index (χ0n) is 18.9. The van der Waals surface area contributed by atoms with Crippen molar-refractivity contribution in [2.24, 2.45) is 17.3 Å². The molecule has 6 heteroatoms. The molecule has 0 amide bonds. The lowest BCUT2D eigenvalue weighted by Gasteiger charge is -2.24. The van der Waals surface area contributed by atoms with Gasteiger partial charge in [0.15, 0.2) is 11.6 Å². The van der Waals surface area contributed by atoms with E-state index in [0.717, 1.165) is 32.1 Å². The molecule has 31 heavy (non-hydrogen) atoms. The van der Waals surface area contributed by atoms with Crippen LogP contribution in [0.3, 0.4) is 0 Å². The number of carbonyl (C=O) groups excluding carboxylic acids is 1. The molecular formula is C25H36FNO4. The molecule has 0 saturated heterocycles. The monoisotopic (exact) mass is 433 g/mol. The molecule has 0 spiro atoms.